The monoisotopic (exact) mass is 196 g/mol. The van der Waals surface area contributed by atoms with Crippen LogP contribution in [0.15, 0.2) is 36.4 Å². The first kappa shape index (κ1) is 7.35. The van der Waals surface area contributed by atoms with Crippen molar-refractivity contribution in [3.63, 3.8) is 0 Å². The first-order chi connectivity index (χ1) is 7.42. The van der Waals surface area contributed by atoms with Crippen LogP contribution in [0.25, 0.3) is 0 Å². The lowest BCUT2D eigenvalue weighted by molar-refractivity contribution is 0.459. The maximum Gasteiger partial charge on any atom is 0.177 e. The molecule has 2 aliphatic rings. The predicted molar refractivity (Wildman–Crippen MR) is 55.8 cm³/mol. The molecule has 0 spiro atoms. The second kappa shape index (κ2) is 2.34. The number of ether oxygens (including phenoxy) is 2. The van der Waals surface area contributed by atoms with Crippen LogP contribution in [0.5, 0.6) is 23.0 Å². The van der Waals surface area contributed by atoms with E-state index in [4.69, 9.17) is 9.47 Å². The fourth-order valence-electron chi connectivity index (χ4n) is 2.09. The van der Waals surface area contributed by atoms with E-state index in [0.717, 1.165) is 29.4 Å². The Labute approximate surface area is 87.1 Å². The zero-order chi connectivity index (χ0) is 9.83. The number of benzene rings is 2. The highest BCUT2D eigenvalue weighted by Gasteiger charge is 2.30. The van der Waals surface area contributed by atoms with Crippen molar-refractivity contribution in [1.29, 1.82) is 0 Å². The van der Waals surface area contributed by atoms with E-state index in [0.29, 0.717) is 0 Å². The fourth-order valence-corrected chi connectivity index (χ4v) is 2.09. The number of hydrogen-bond acceptors (Lipinski definition) is 2. The highest BCUT2D eigenvalue weighted by Crippen LogP contribution is 2.54. The van der Waals surface area contributed by atoms with Gasteiger partial charge in [0.1, 0.15) is 11.5 Å². The van der Waals surface area contributed by atoms with Crippen LogP contribution in [0.3, 0.4) is 0 Å². The van der Waals surface area contributed by atoms with E-state index in [1.165, 1.54) is 11.1 Å². The summed E-state index contributed by atoms with van der Waals surface area (Å²) >= 11 is 0. The summed E-state index contributed by atoms with van der Waals surface area (Å²) in [6, 6.07) is 12.1. The number of para-hydroxylation sites is 1. The second-order valence-corrected chi connectivity index (χ2v) is 3.86. The largest absolute Gasteiger partial charge is 0.457 e. The maximum atomic E-state index is 5.81. The van der Waals surface area contributed by atoms with Gasteiger partial charge in [0.05, 0.1) is 0 Å². The van der Waals surface area contributed by atoms with E-state index in [9.17, 15) is 0 Å². The predicted octanol–water partition coefficient (Wildman–Crippen LogP) is 3.49. The molecule has 0 atom stereocenters. The SMILES string of the molecule is c1ccc2c(c1)Cc1c(ccc3c1O3)O2. The minimum absolute atomic E-state index is 0.911. The molecular weight excluding hydrogens is 188 g/mol. The molecule has 0 fully saturated rings. The third kappa shape index (κ3) is 0.934. The van der Waals surface area contributed by atoms with Crippen LogP contribution in [-0.4, -0.2) is 0 Å². The molecule has 2 nitrogen and oxygen atoms in total. The van der Waals surface area contributed by atoms with Crippen molar-refractivity contribution in [3.8, 4) is 23.0 Å². The van der Waals surface area contributed by atoms with Crippen molar-refractivity contribution in [1.82, 2.24) is 0 Å². The van der Waals surface area contributed by atoms with Crippen LogP contribution in [0.4, 0.5) is 0 Å². The van der Waals surface area contributed by atoms with Gasteiger partial charge in [-0.3, -0.25) is 0 Å². The third-order valence-corrected chi connectivity index (χ3v) is 2.91. The molecule has 4 rings (SSSR count). The lowest BCUT2D eigenvalue weighted by Gasteiger charge is -2.18. The molecule has 0 amide bonds. The van der Waals surface area contributed by atoms with Crippen LogP contribution < -0.4 is 9.47 Å². The Morgan fingerprint density at radius 2 is 1.67 bits per heavy atom. The number of hydrogen-bond donors (Lipinski definition) is 0. The topological polar surface area (TPSA) is 21.8 Å². The molecule has 2 heteroatoms. The van der Waals surface area contributed by atoms with Gasteiger partial charge in [-0.15, -0.1) is 0 Å². The van der Waals surface area contributed by atoms with Gasteiger partial charge in [-0.1, -0.05) is 18.2 Å². The molecule has 0 radical (unpaired) electrons. The summed E-state index contributed by atoms with van der Waals surface area (Å²) in [5.74, 6) is 3.91. The van der Waals surface area contributed by atoms with Crippen molar-refractivity contribution < 1.29 is 9.47 Å². The highest BCUT2D eigenvalue weighted by atomic mass is 16.6. The van der Waals surface area contributed by atoms with Crippen molar-refractivity contribution in [2.45, 2.75) is 6.42 Å². The van der Waals surface area contributed by atoms with Gasteiger partial charge >= 0.3 is 0 Å². The molecule has 0 bridgehead atoms. The van der Waals surface area contributed by atoms with Gasteiger partial charge in [-0.05, 0) is 23.8 Å². The first-order valence-electron chi connectivity index (χ1n) is 5.01. The van der Waals surface area contributed by atoms with E-state index < -0.39 is 0 Å². The van der Waals surface area contributed by atoms with E-state index in [2.05, 4.69) is 6.07 Å². The normalized spacial score (nSPS) is 14.1. The quantitative estimate of drug-likeness (QED) is 0.401. The van der Waals surface area contributed by atoms with Crippen LogP contribution in [-0.2, 0) is 6.42 Å². The van der Waals surface area contributed by atoms with E-state index in [1.807, 2.05) is 30.3 Å². The highest BCUT2D eigenvalue weighted by molar-refractivity contribution is 5.67. The van der Waals surface area contributed by atoms with Crippen LogP contribution >= 0.6 is 0 Å². The summed E-state index contributed by atoms with van der Waals surface area (Å²) in [4.78, 5) is 0. The molecule has 0 unspecified atom stereocenters. The van der Waals surface area contributed by atoms with E-state index in [-0.39, 0.29) is 0 Å². The van der Waals surface area contributed by atoms with Gasteiger partial charge in [0, 0.05) is 12.0 Å². The number of fused-ring (bicyclic) bond motifs is 4. The van der Waals surface area contributed by atoms with Crippen molar-refractivity contribution in [3.05, 3.63) is 47.5 Å². The fraction of sp³-hybridized carbons (Fsp3) is 0.0769. The summed E-state index contributed by atoms with van der Waals surface area (Å²) in [7, 11) is 0. The van der Waals surface area contributed by atoms with Crippen molar-refractivity contribution in [2.75, 3.05) is 0 Å². The zero-order valence-corrected chi connectivity index (χ0v) is 7.99. The van der Waals surface area contributed by atoms with Crippen molar-refractivity contribution >= 4 is 0 Å². The molecule has 2 aromatic carbocycles. The zero-order valence-electron chi connectivity index (χ0n) is 7.99. The molecule has 2 aliphatic heterocycles. The van der Waals surface area contributed by atoms with Crippen LogP contribution in [0, 0.1) is 0 Å². The molecule has 0 saturated heterocycles. The molecule has 0 aromatic heterocycles. The molecule has 0 N–H and O–H groups in total. The van der Waals surface area contributed by atoms with Crippen LogP contribution in [0.2, 0.25) is 0 Å². The van der Waals surface area contributed by atoms with Gasteiger partial charge in [-0.2, -0.15) is 0 Å². The smallest absolute Gasteiger partial charge is 0.177 e. The molecule has 72 valence electrons. The Bertz CT molecular complexity index is 573. The Morgan fingerprint density at radius 3 is 2.67 bits per heavy atom. The molecular formula is C13H8O2. The Morgan fingerprint density at radius 1 is 0.800 bits per heavy atom. The lowest BCUT2D eigenvalue weighted by Crippen LogP contribution is -2.00. The molecule has 2 heterocycles. The summed E-state index contributed by atoms with van der Waals surface area (Å²) in [6.07, 6.45) is 0.911. The average molecular weight is 196 g/mol. The van der Waals surface area contributed by atoms with Gasteiger partial charge in [0.15, 0.2) is 11.5 Å². The van der Waals surface area contributed by atoms with Gasteiger partial charge in [0.2, 0.25) is 0 Å². The van der Waals surface area contributed by atoms with Gasteiger partial charge in [0.25, 0.3) is 0 Å². The minimum Gasteiger partial charge on any atom is -0.457 e. The molecule has 0 saturated carbocycles. The molecule has 2 aromatic rings. The van der Waals surface area contributed by atoms with Crippen molar-refractivity contribution in [2.24, 2.45) is 0 Å². The Kier molecular flexibility index (Phi) is 1.15. The average Bonchev–Trinajstić information content (AvgIpc) is 3.06. The molecule has 0 aliphatic carbocycles. The standard InChI is InChI=1S/C13H8O2/c1-2-4-10-8(3-1)7-9-11(14-10)5-6-12-13(9)15-12/h1-6H,7H2. The van der Waals surface area contributed by atoms with E-state index >= 15 is 0 Å². The lowest BCUT2D eigenvalue weighted by atomic mass is 10.0. The first-order valence-corrected chi connectivity index (χ1v) is 5.01. The summed E-state index contributed by atoms with van der Waals surface area (Å²) in [5, 5.41) is 0. The van der Waals surface area contributed by atoms with E-state index in [1.54, 1.807) is 0 Å². The minimum atomic E-state index is 0.911. The van der Waals surface area contributed by atoms with Gasteiger partial charge < -0.3 is 9.47 Å². The summed E-state index contributed by atoms with van der Waals surface area (Å²) in [6.45, 7) is 0. The third-order valence-electron chi connectivity index (χ3n) is 2.91. The summed E-state index contributed by atoms with van der Waals surface area (Å²) in [5.41, 5.74) is 2.42. The second-order valence-electron chi connectivity index (χ2n) is 3.86. The Hall–Kier alpha value is -1.96. The summed E-state index contributed by atoms with van der Waals surface area (Å²) < 4.78 is 11.2. The Balaban J connectivity index is 1.92. The van der Waals surface area contributed by atoms with Crippen LogP contribution in [0.1, 0.15) is 11.1 Å². The number of rotatable bonds is 0. The van der Waals surface area contributed by atoms with Gasteiger partial charge in [-0.25, -0.2) is 0 Å². The molecule has 15 heavy (non-hydrogen) atoms. The maximum absolute atomic E-state index is 5.81.